The zero-order valence-electron chi connectivity index (χ0n) is 19.5. The van der Waals surface area contributed by atoms with E-state index in [1.165, 1.54) is 28.0 Å². The standard InChI is InChI=1S/C24H25ClN6O2S2/c1-3-31-20(11-21(32)27-15-9-8-14(2)18(25)10-15)29-30-24(31)34-13-22(33)28-23-17(12-26)16-6-4-5-7-19(16)35-23/h8-10H,3-7,11,13H2,1-2H3,(H,27,32)(H,28,33). The molecule has 1 aliphatic rings. The Morgan fingerprint density at radius 1 is 1.23 bits per heavy atom. The lowest BCUT2D eigenvalue weighted by atomic mass is 9.96. The van der Waals surface area contributed by atoms with Gasteiger partial charge in [0, 0.05) is 22.1 Å². The van der Waals surface area contributed by atoms with Crippen molar-refractivity contribution in [3.8, 4) is 6.07 Å². The van der Waals surface area contributed by atoms with E-state index in [1.54, 1.807) is 12.1 Å². The van der Waals surface area contributed by atoms with Crippen LogP contribution in [0.1, 0.15) is 47.2 Å². The Kier molecular flexibility index (Phi) is 8.11. The van der Waals surface area contributed by atoms with Crippen molar-refractivity contribution in [2.45, 2.75) is 57.7 Å². The van der Waals surface area contributed by atoms with Crippen molar-refractivity contribution >= 4 is 57.2 Å². The molecular formula is C24H25ClN6O2S2. The van der Waals surface area contributed by atoms with E-state index in [0.29, 0.717) is 38.8 Å². The van der Waals surface area contributed by atoms with Gasteiger partial charge in [0.15, 0.2) is 5.16 Å². The number of fused-ring (bicyclic) bond motifs is 1. The number of rotatable bonds is 8. The number of aryl methyl sites for hydroxylation is 2. The van der Waals surface area contributed by atoms with Crippen molar-refractivity contribution in [3.05, 3.63) is 50.6 Å². The largest absolute Gasteiger partial charge is 0.326 e. The molecule has 0 atom stereocenters. The van der Waals surface area contributed by atoms with Gasteiger partial charge in [0.25, 0.3) is 0 Å². The second-order valence-electron chi connectivity index (χ2n) is 8.20. The van der Waals surface area contributed by atoms with Crippen molar-refractivity contribution in [1.29, 1.82) is 5.26 Å². The molecule has 1 aliphatic carbocycles. The zero-order valence-corrected chi connectivity index (χ0v) is 21.9. The summed E-state index contributed by atoms with van der Waals surface area (Å²) in [4.78, 5) is 26.4. The minimum atomic E-state index is -0.230. The number of thioether (sulfide) groups is 1. The molecule has 2 heterocycles. The van der Waals surface area contributed by atoms with E-state index in [0.717, 1.165) is 36.8 Å². The van der Waals surface area contributed by atoms with E-state index in [-0.39, 0.29) is 24.0 Å². The normalized spacial score (nSPS) is 12.6. The van der Waals surface area contributed by atoms with Crippen LogP contribution in [0.5, 0.6) is 0 Å². The minimum Gasteiger partial charge on any atom is -0.326 e. The summed E-state index contributed by atoms with van der Waals surface area (Å²) in [5, 5.41) is 25.5. The predicted molar refractivity (Wildman–Crippen MR) is 139 cm³/mol. The fraction of sp³-hybridized carbons (Fsp3) is 0.375. The van der Waals surface area contributed by atoms with Crippen LogP contribution in [0.4, 0.5) is 10.7 Å². The van der Waals surface area contributed by atoms with Gasteiger partial charge in [0.1, 0.15) is 16.9 Å². The van der Waals surface area contributed by atoms with E-state index in [1.807, 2.05) is 24.5 Å². The number of amides is 2. The van der Waals surface area contributed by atoms with Gasteiger partial charge in [-0.2, -0.15) is 5.26 Å². The van der Waals surface area contributed by atoms with E-state index >= 15 is 0 Å². The van der Waals surface area contributed by atoms with Gasteiger partial charge in [-0.1, -0.05) is 29.4 Å². The molecule has 0 bridgehead atoms. The molecule has 0 radical (unpaired) electrons. The van der Waals surface area contributed by atoms with Crippen molar-refractivity contribution in [1.82, 2.24) is 14.8 Å². The molecule has 3 aromatic rings. The Morgan fingerprint density at radius 2 is 2.03 bits per heavy atom. The van der Waals surface area contributed by atoms with Crippen LogP contribution in [0.15, 0.2) is 23.4 Å². The smallest absolute Gasteiger partial charge is 0.235 e. The lowest BCUT2D eigenvalue weighted by molar-refractivity contribution is -0.116. The van der Waals surface area contributed by atoms with E-state index in [9.17, 15) is 14.9 Å². The predicted octanol–water partition coefficient (Wildman–Crippen LogP) is 4.98. The summed E-state index contributed by atoms with van der Waals surface area (Å²) >= 11 is 8.90. The van der Waals surface area contributed by atoms with Gasteiger partial charge in [-0.25, -0.2) is 0 Å². The summed E-state index contributed by atoms with van der Waals surface area (Å²) < 4.78 is 1.82. The maximum atomic E-state index is 12.6. The highest BCUT2D eigenvalue weighted by atomic mass is 35.5. The average molecular weight is 529 g/mol. The van der Waals surface area contributed by atoms with E-state index < -0.39 is 0 Å². The highest BCUT2D eigenvalue weighted by Crippen LogP contribution is 2.37. The highest BCUT2D eigenvalue weighted by molar-refractivity contribution is 7.99. The van der Waals surface area contributed by atoms with E-state index in [4.69, 9.17) is 11.6 Å². The molecule has 0 saturated carbocycles. The number of aromatic nitrogens is 3. The summed E-state index contributed by atoms with van der Waals surface area (Å²) in [6, 6.07) is 7.61. The Morgan fingerprint density at radius 3 is 2.77 bits per heavy atom. The number of nitrogens with zero attached hydrogens (tertiary/aromatic N) is 4. The number of carbonyl (C=O) groups is 2. The number of benzene rings is 1. The van der Waals surface area contributed by atoms with Crippen LogP contribution >= 0.6 is 34.7 Å². The minimum absolute atomic E-state index is 0.0470. The second kappa shape index (κ2) is 11.2. The van der Waals surface area contributed by atoms with Crippen molar-refractivity contribution in [3.63, 3.8) is 0 Å². The second-order valence-corrected chi connectivity index (χ2v) is 10.7. The van der Waals surface area contributed by atoms with Gasteiger partial charge in [0.2, 0.25) is 11.8 Å². The average Bonchev–Trinajstić information content (AvgIpc) is 3.39. The number of thiophene rings is 1. The Labute approximate surface area is 217 Å². The number of carbonyl (C=O) groups excluding carboxylic acids is 2. The fourth-order valence-electron chi connectivity index (χ4n) is 3.96. The number of anilines is 2. The topological polar surface area (TPSA) is 113 Å². The van der Waals surface area contributed by atoms with E-state index in [2.05, 4.69) is 26.9 Å². The van der Waals surface area contributed by atoms with Gasteiger partial charge < -0.3 is 15.2 Å². The first-order valence-electron chi connectivity index (χ1n) is 11.3. The summed E-state index contributed by atoms with van der Waals surface area (Å²) in [6.45, 7) is 4.39. The lowest BCUT2D eigenvalue weighted by Gasteiger charge is -2.09. The van der Waals surface area contributed by atoms with Crippen LogP contribution in [0.2, 0.25) is 5.02 Å². The van der Waals surface area contributed by atoms with Crippen LogP contribution in [-0.2, 0) is 35.4 Å². The highest BCUT2D eigenvalue weighted by Gasteiger charge is 2.22. The third-order valence-corrected chi connectivity index (χ3v) is 8.33. The molecule has 0 fully saturated rings. The lowest BCUT2D eigenvalue weighted by Crippen LogP contribution is -2.18. The maximum Gasteiger partial charge on any atom is 0.235 e. The van der Waals surface area contributed by atoms with Crippen LogP contribution in [0.3, 0.4) is 0 Å². The third kappa shape index (κ3) is 5.86. The molecule has 2 N–H and O–H groups in total. The first-order chi connectivity index (χ1) is 16.9. The van der Waals surface area contributed by atoms with Crippen LogP contribution in [0.25, 0.3) is 0 Å². The third-order valence-electron chi connectivity index (χ3n) is 5.75. The summed E-state index contributed by atoms with van der Waals surface area (Å²) in [5.41, 5.74) is 3.24. The Balaban J connectivity index is 1.36. The molecule has 0 saturated heterocycles. The molecule has 1 aromatic carbocycles. The first kappa shape index (κ1) is 25.2. The van der Waals surface area contributed by atoms with Crippen LogP contribution < -0.4 is 10.6 Å². The Hall–Kier alpha value is -2.87. The monoisotopic (exact) mass is 528 g/mol. The van der Waals surface area contributed by atoms with Gasteiger partial charge in [-0.05, 0) is 62.8 Å². The number of hydrogen-bond donors (Lipinski definition) is 2. The number of nitriles is 1. The quantitative estimate of drug-likeness (QED) is 0.398. The van der Waals surface area contributed by atoms with Crippen molar-refractivity contribution in [2.75, 3.05) is 16.4 Å². The summed E-state index contributed by atoms with van der Waals surface area (Å²) in [5.74, 6) is 0.210. The van der Waals surface area contributed by atoms with Crippen molar-refractivity contribution in [2.24, 2.45) is 0 Å². The van der Waals surface area contributed by atoms with Gasteiger partial charge in [-0.3, -0.25) is 9.59 Å². The molecule has 182 valence electrons. The molecule has 35 heavy (non-hydrogen) atoms. The molecule has 8 nitrogen and oxygen atoms in total. The molecule has 4 rings (SSSR count). The molecule has 2 aromatic heterocycles. The number of nitrogens with one attached hydrogen (secondary N) is 2. The molecule has 0 aliphatic heterocycles. The number of hydrogen-bond acceptors (Lipinski definition) is 7. The van der Waals surface area contributed by atoms with Gasteiger partial charge in [-0.15, -0.1) is 21.5 Å². The van der Waals surface area contributed by atoms with Crippen molar-refractivity contribution < 1.29 is 9.59 Å². The summed E-state index contributed by atoms with van der Waals surface area (Å²) in [7, 11) is 0. The molecule has 0 unspecified atom stereocenters. The van der Waals surface area contributed by atoms with Crippen LogP contribution in [-0.4, -0.2) is 32.3 Å². The maximum absolute atomic E-state index is 12.6. The Bertz CT molecular complexity index is 1310. The molecular weight excluding hydrogens is 504 g/mol. The first-order valence-corrected chi connectivity index (χ1v) is 13.5. The SMILES string of the molecule is CCn1c(CC(=O)Nc2ccc(C)c(Cl)c2)nnc1SCC(=O)Nc1sc2c(c1C#N)CCCC2. The molecule has 2 amide bonds. The van der Waals surface area contributed by atoms with Crippen LogP contribution in [0, 0.1) is 18.3 Å². The van der Waals surface area contributed by atoms with Gasteiger partial charge >= 0.3 is 0 Å². The number of halogens is 1. The molecule has 0 spiro atoms. The zero-order chi connectivity index (χ0) is 24.9. The van der Waals surface area contributed by atoms with Gasteiger partial charge in [0.05, 0.1) is 17.7 Å². The fourth-order valence-corrected chi connectivity index (χ4v) is 6.22. The molecule has 11 heteroatoms. The summed E-state index contributed by atoms with van der Waals surface area (Å²) in [6.07, 6.45) is 4.10.